The summed E-state index contributed by atoms with van der Waals surface area (Å²) in [7, 11) is -0.386. The van der Waals surface area contributed by atoms with Crippen molar-refractivity contribution in [2.75, 3.05) is 33.1 Å². The van der Waals surface area contributed by atoms with Gasteiger partial charge in [-0.15, -0.1) is 0 Å². The molecule has 1 amide bonds. The zero-order chi connectivity index (χ0) is 13.5. The van der Waals surface area contributed by atoms with Crippen molar-refractivity contribution in [2.24, 2.45) is 5.41 Å². The first-order valence-corrected chi connectivity index (χ1v) is 7.04. The second kappa shape index (κ2) is 6.93. The van der Waals surface area contributed by atoms with Crippen molar-refractivity contribution in [3.8, 4) is 0 Å². The normalized spacial score (nSPS) is 12.5. The lowest BCUT2D eigenvalue weighted by Crippen LogP contribution is -2.36. The summed E-state index contributed by atoms with van der Waals surface area (Å²) in [5.41, 5.74) is -0.598. The number of sulfonamides is 1. The number of carbonyl (C=O) groups is 1. The van der Waals surface area contributed by atoms with Crippen molar-refractivity contribution in [3.05, 3.63) is 0 Å². The summed E-state index contributed by atoms with van der Waals surface area (Å²) in [5, 5.41) is 2.66. The lowest BCUT2D eigenvalue weighted by Gasteiger charge is -2.23. The van der Waals surface area contributed by atoms with E-state index in [1.807, 2.05) is 0 Å². The van der Waals surface area contributed by atoms with Gasteiger partial charge in [0.2, 0.25) is 15.9 Å². The monoisotopic (exact) mass is 266 g/mol. The minimum absolute atomic E-state index is 0.0752. The number of methoxy groups -OCH3 is 1. The molecular formula is C10H22N2O4S. The molecule has 102 valence electrons. The maximum absolute atomic E-state index is 11.5. The first-order chi connectivity index (χ1) is 7.72. The van der Waals surface area contributed by atoms with Gasteiger partial charge in [0.15, 0.2) is 0 Å². The minimum Gasteiger partial charge on any atom is -0.383 e. The lowest BCUT2D eigenvalue weighted by atomic mass is 9.91. The van der Waals surface area contributed by atoms with Crippen LogP contribution >= 0.6 is 0 Å². The molecule has 0 saturated heterocycles. The number of hydrogen-bond acceptors (Lipinski definition) is 4. The molecule has 0 aliphatic rings. The van der Waals surface area contributed by atoms with Crippen LogP contribution in [-0.2, 0) is 19.6 Å². The number of rotatable bonds is 8. The number of nitrogens with one attached hydrogen (secondary N) is 2. The van der Waals surface area contributed by atoms with E-state index in [-0.39, 0.29) is 18.1 Å². The maximum atomic E-state index is 11.5. The Kier molecular flexibility index (Phi) is 6.66. The van der Waals surface area contributed by atoms with Gasteiger partial charge in [0, 0.05) is 20.1 Å². The fourth-order valence-corrected chi connectivity index (χ4v) is 2.70. The van der Waals surface area contributed by atoms with E-state index in [4.69, 9.17) is 4.74 Å². The van der Waals surface area contributed by atoms with Gasteiger partial charge in [-0.3, -0.25) is 4.79 Å². The molecule has 0 aliphatic carbocycles. The predicted octanol–water partition coefficient (Wildman–Crippen LogP) is -0.285. The van der Waals surface area contributed by atoms with Gasteiger partial charge >= 0.3 is 0 Å². The first-order valence-electron chi connectivity index (χ1n) is 5.39. The maximum Gasteiger partial charge on any atom is 0.220 e. The molecule has 2 N–H and O–H groups in total. The first kappa shape index (κ1) is 16.3. The molecule has 0 aliphatic heterocycles. The Labute approximate surface area is 103 Å². The van der Waals surface area contributed by atoms with Crippen molar-refractivity contribution in [1.82, 2.24) is 10.0 Å². The second-order valence-electron chi connectivity index (χ2n) is 4.65. The van der Waals surface area contributed by atoms with Gasteiger partial charge in [-0.1, -0.05) is 13.8 Å². The highest BCUT2D eigenvalue weighted by Gasteiger charge is 2.27. The van der Waals surface area contributed by atoms with Gasteiger partial charge in [-0.25, -0.2) is 13.1 Å². The lowest BCUT2D eigenvalue weighted by molar-refractivity contribution is -0.122. The predicted molar refractivity (Wildman–Crippen MR) is 66.1 cm³/mol. The van der Waals surface area contributed by atoms with Crippen LogP contribution in [0.15, 0.2) is 0 Å². The van der Waals surface area contributed by atoms with Crippen molar-refractivity contribution < 1.29 is 17.9 Å². The van der Waals surface area contributed by atoms with Gasteiger partial charge < -0.3 is 10.1 Å². The Balaban J connectivity index is 4.21. The molecule has 0 rings (SSSR count). The summed E-state index contributed by atoms with van der Waals surface area (Å²) in [6.45, 7) is 4.38. The third-order valence-electron chi connectivity index (χ3n) is 2.16. The average Bonchev–Trinajstić information content (AvgIpc) is 2.15. The molecule has 7 heteroatoms. The molecule has 0 aromatic rings. The molecule has 0 saturated carbocycles. The quantitative estimate of drug-likeness (QED) is 0.592. The summed E-state index contributed by atoms with van der Waals surface area (Å²) in [4.78, 5) is 11.5. The molecule has 6 nitrogen and oxygen atoms in total. The highest BCUT2D eigenvalue weighted by molar-refractivity contribution is 7.89. The zero-order valence-electron chi connectivity index (χ0n) is 10.9. The second-order valence-corrected chi connectivity index (χ2v) is 6.57. The van der Waals surface area contributed by atoms with E-state index in [2.05, 4.69) is 10.0 Å². The Morgan fingerprint density at radius 1 is 1.35 bits per heavy atom. The molecule has 0 fully saturated rings. The molecular weight excluding hydrogens is 244 g/mol. The van der Waals surface area contributed by atoms with Crippen LogP contribution in [0.4, 0.5) is 0 Å². The molecule has 0 aromatic carbocycles. The van der Waals surface area contributed by atoms with Crippen LogP contribution in [0.2, 0.25) is 0 Å². The molecule has 0 bridgehead atoms. The van der Waals surface area contributed by atoms with Crippen LogP contribution < -0.4 is 10.0 Å². The van der Waals surface area contributed by atoms with Crippen molar-refractivity contribution >= 4 is 15.9 Å². The third kappa shape index (κ3) is 8.12. The number of ether oxygens (including phenoxy) is 1. The van der Waals surface area contributed by atoms with E-state index in [9.17, 15) is 13.2 Å². The van der Waals surface area contributed by atoms with E-state index >= 15 is 0 Å². The number of carbonyl (C=O) groups excluding carboxylic acids is 1. The van der Waals surface area contributed by atoms with E-state index in [0.717, 1.165) is 0 Å². The van der Waals surface area contributed by atoms with Gasteiger partial charge in [-0.05, 0) is 12.5 Å². The Hall–Kier alpha value is -0.660. The van der Waals surface area contributed by atoms with E-state index < -0.39 is 15.4 Å². The third-order valence-corrected chi connectivity index (χ3v) is 3.94. The SMILES string of the molecule is CNS(=O)(=O)CC(C)(C)CC(=O)NCCOC. The summed E-state index contributed by atoms with van der Waals surface area (Å²) in [6.07, 6.45) is 0.164. The van der Waals surface area contributed by atoms with Crippen molar-refractivity contribution in [3.63, 3.8) is 0 Å². The van der Waals surface area contributed by atoms with Gasteiger partial charge in [0.1, 0.15) is 0 Å². The Morgan fingerprint density at radius 3 is 2.41 bits per heavy atom. The summed E-state index contributed by atoms with van der Waals surface area (Å²) in [6, 6.07) is 0. The van der Waals surface area contributed by atoms with Crippen molar-refractivity contribution in [2.45, 2.75) is 20.3 Å². The van der Waals surface area contributed by atoms with E-state index in [1.54, 1.807) is 21.0 Å². The summed E-state index contributed by atoms with van der Waals surface area (Å²) in [5.74, 6) is -0.243. The minimum atomic E-state index is -3.30. The smallest absolute Gasteiger partial charge is 0.220 e. The van der Waals surface area contributed by atoms with Crippen LogP contribution in [0.25, 0.3) is 0 Å². The van der Waals surface area contributed by atoms with Gasteiger partial charge in [-0.2, -0.15) is 0 Å². The van der Waals surface area contributed by atoms with Gasteiger partial charge in [0.05, 0.1) is 12.4 Å². The molecule has 0 unspecified atom stereocenters. The molecule has 17 heavy (non-hydrogen) atoms. The van der Waals surface area contributed by atoms with Gasteiger partial charge in [0.25, 0.3) is 0 Å². The standard InChI is InChI=1S/C10H22N2O4S/c1-10(2,8-17(14,15)11-3)7-9(13)12-5-6-16-4/h11H,5-8H2,1-4H3,(H,12,13). The molecule has 0 aromatic heterocycles. The van der Waals surface area contributed by atoms with E-state index in [1.165, 1.54) is 7.05 Å². The molecule has 0 spiro atoms. The highest BCUT2D eigenvalue weighted by atomic mass is 32.2. The fraction of sp³-hybridized carbons (Fsp3) is 0.900. The topological polar surface area (TPSA) is 84.5 Å². The zero-order valence-corrected chi connectivity index (χ0v) is 11.7. The van der Waals surface area contributed by atoms with Crippen LogP contribution in [-0.4, -0.2) is 47.4 Å². The average molecular weight is 266 g/mol. The Bertz CT molecular complexity index is 338. The van der Waals surface area contributed by atoms with Crippen LogP contribution in [0.5, 0.6) is 0 Å². The summed E-state index contributed by atoms with van der Waals surface area (Å²) >= 11 is 0. The van der Waals surface area contributed by atoms with Crippen LogP contribution in [0.3, 0.4) is 0 Å². The summed E-state index contributed by atoms with van der Waals surface area (Å²) < 4.78 is 29.8. The largest absolute Gasteiger partial charge is 0.383 e. The van der Waals surface area contributed by atoms with Crippen LogP contribution in [0, 0.1) is 5.41 Å². The highest BCUT2D eigenvalue weighted by Crippen LogP contribution is 2.21. The molecule has 0 radical (unpaired) electrons. The van der Waals surface area contributed by atoms with E-state index in [0.29, 0.717) is 13.2 Å². The molecule has 0 atom stereocenters. The van der Waals surface area contributed by atoms with Crippen LogP contribution in [0.1, 0.15) is 20.3 Å². The number of hydrogen-bond donors (Lipinski definition) is 2. The van der Waals surface area contributed by atoms with Crippen molar-refractivity contribution in [1.29, 1.82) is 0 Å². The number of amides is 1. The Morgan fingerprint density at radius 2 is 1.94 bits per heavy atom. The molecule has 0 heterocycles. The fourth-order valence-electron chi connectivity index (χ4n) is 1.43.